The highest BCUT2D eigenvalue weighted by molar-refractivity contribution is 5.77. The number of aliphatic hydroxyl groups is 1. The number of amides is 1. The Morgan fingerprint density at radius 1 is 1.37 bits per heavy atom. The Bertz CT molecular complexity index is 357. The Balaban J connectivity index is 2.05. The smallest absolute Gasteiger partial charge is 0.234 e. The molecule has 0 aliphatic carbocycles. The van der Waals surface area contributed by atoms with Crippen LogP contribution < -0.4 is 10.6 Å². The molecule has 5 heteroatoms. The molecule has 0 saturated heterocycles. The lowest BCUT2D eigenvalue weighted by molar-refractivity contribution is -0.120. The summed E-state index contributed by atoms with van der Waals surface area (Å²) in [5.74, 6) is -0.0508. The number of hydrogen-bond acceptors (Lipinski definition) is 4. The van der Waals surface area contributed by atoms with E-state index in [0.717, 1.165) is 5.56 Å². The van der Waals surface area contributed by atoms with Crippen LogP contribution in [0.25, 0.3) is 0 Å². The van der Waals surface area contributed by atoms with Gasteiger partial charge in [-0.05, 0) is 18.5 Å². The predicted molar refractivity (Wildman–Crippen MR) is 73.7 cm³/mol. The Hall–Kier alpha value is -1.43. The summed E-state index contributed by atoms with van der Waals surface area (Å²) in [6.07, 6.45) is 0.0877. The largest absolute Gasteiger partial charge is 0.391 e. The summed E-state index contributed by atoms with van der Waals surface area (Å²) in [7, 11) is 1.55. The molecule has 0 aliphatic heterocycles. The number of nitrogens with one attached hydrogen (secondary N) is 2. The number of hydrogen-bond donors (Lipinski definition) is 3. The van der Waals surface area contributed by atoms with Crippen molar-refractivity contribution in [2.75, 3.05) is 26.8 Å². The van der Waals surface area contributed by atoms with Gasteiger partial charge in [-0.25, -0.2) is 0 Å². The van der Waals surface area contributed by atoms with Crippen molar-refractivity contribution in [1.29, 1.82) is 0 Å². The number of aliphatic hydroxyl groups excluding tert-OH is 1. The van der Waals surface area contributed by atoms with Gasteiger partial charge in [0.05, 0.1) is 19.3 Å². The Kier molecular flexibility index (Phi) is 7.81. The summed E-state index contributed by atoms with van der Waals surface area (Å²) in [5.41, 5.74) is 1.08. The van der Waals surface area contributed by atoms with Crippen molar-refractivity contribution in [3.63, 3.8) is 0 Å². The van der Waals surface area contributed by atoms with Crippen LogP contribution in [0, 0.1) is 0 Å². The first-order valence-electron chi connectivity index (χ1n) is 6.40. The third-order valence-corrected chi connectivity index (χ3v) is 2.63. The zero-order chi connectivity index (χ0) is 13.9. The standard InChI is InChI=1S/C14H22N2O3/c1-19-11-13(17)7-8-15-10-14(18)16-9-12-5-3-2-4-6-12/h2-6,13,15,17H,7-11H2,1H3,(H,16,18). The van der Waals surface area contributed by atoms with E-state index in [0.29, 0.717) is 26.1 Å². The SMILES string of the molecule is COCC(O)CCNCC(=O)NCc1ccccc1. The fourth-order valence-corrected chi connectivity index (χ4v) is 1.61. The number of benzene rings is 1. The normalized spacial score (nSPS) is 12.1. The number of ether oxygens (including phenoxy) is 1. The molecule has 106 valence electrons. The minimum atomic E-state index is -0.482. The first-order chi connectivity index (χ1) is 9.22. The zero-order valence-electron chi connectivity index (χ0n) is 11.3. The number of methoxy groups -OCH3 is 1. The summed E-state index contributed by atoms with van der Waals surface area (Å²) >= 11 is 0. The van der Waals surface area contributed by atoms with Crippen LogP contribution in [-0.4, -0.2) is 43.9 Å². The Morgan fingerprint density at radius 3 is 2.79 bits per heavy atom. The van der Waals surface area contributed by atoms with Crippen LogP contribution >= 0.6 is 0 Å². The van der Waals surface area contributed by atoms with Gasteiger partial charge in [0.25, 0.3) is 0 Å². The molecule has 19 heavy (non-hydrogen) atoms. The Morgan fingerprint density at radius 2 is 2.11 bits per heavy atom. The molecule has 0 bridgehead atoms. The molecule has 0 aliphatic rings. The van der Waals surface area contributed by atoms with Crippen LogP contribution in [0.3, 0.4) is 0 Å². The van der Waals surface area contributed by atoms with Crippen LogP contribution in [0.15, 0.2) is 30.3 Å². The zero-order valence-corrected chi connectivity index (χ0v) is 11.3. The highest BCUT2D eigenvalue weighted by Crippen LogP contribution is 1.96. The highest BCUT2D eigenvalue weighted by Gasteiger charge is 2.04. The van der Waals surface area contributed by atoms with E-state index in [2.05, 4.69) is 10.6 Å². The summed E-state index contributed by atoms with van der Waals surface area (Å²) in [6.45, 7) is 1.70. The molecule has 0 fully saturated rings. The summed E-state index contributed by atoms with van der Waals surface area (Å²) in [4.78, 5) is 11.5. The minimum absolute atomic E-state index is 0.0508. The monoisotopic (exact) mass is 266 g/mol. The molecule has 1 rings (SSSR count). The average molecular weight is 266 g/mol. The van der Waals surface area contributed by atoms with E-state index in [-0.39, 0.29) is 12.5 Å². The first kappa shape index (κ1) is 15.6. The van der Waals surface area contributed by atoms with Crippen molar-refractivity contribution < 1.29 is 14.6 Å². The molecule has 1 unspecified atom stereocenters. The van der Waals surface area contributed by atoms with Crippen LogP contribution in [0.4, 0.5) is 0 Å². The number of rotatable bonds is 9. The van der Waals surface area contributed by atoms with Crippen molar-refractivity contribution in [2.24, 2.45) is 0 Å². The summed E-state index contributed by atoms with van der Waals surface area (Å²) in [5, 5.41) is 15.2. The molecule has 0 saturated carbocycles. The summed E-state index contributed by atoms with van der Waals surface area (Å²) < 4.78 is 4.81. The van der Waals surface area contributed by atoms with E-state index < -0.39 is 6.10 Å². The van der Waals surface area contributed by atoms with Gasteiger partial charge in [-0.15, -0.1) is 0 Å². The van der Waals surface area contributed by atoms with Crippen molar-refractivity contribution in [3.8, 4) is 0 Å². The third kappa shape index (κ3) is 7.56. The molecular weight excluding hydrogens is 244 g/mol. The van der Waals surface area contributed by atoms with Gasteiger partial charge in [0.1, 0.15) is 0 Å². The first-order valence-corrected chi connectivity index (χ1v) is 6.40. The second-order valence-corrected chi connectivity index (χ2v) is 4.34. The van der Waals surface area contributed by atoms with Crippen LogP contribution in [-0.2, 0) is 16.1 Å². The van der Waals surface area contributed by atoms with Gasteiger partial charge in [0, 0.05) is 13.7 Å². The molecule has 1 aromatic rings. The summed E-state index contributed by atoms with van der Waals surface area (Å²) in [6, 6.07) is 9.76. The van der Waals surface area contributed by atoms with Gasteiger partial charge >= 0.3 is 0 Å². The van der Waals surface area contributed by atoms with E-state index in [1.54, 1.807) is 7.11 Å². The van der Waals surface area contributed by atoms with Crippen molar-refractivity contribution in [1.82, 2.24) is 10.6 Å². The molecule has 1 atom stereocenters. The lowest BCUT2D eigenvalue weighted by Gasteiger charge is -2.10. The van der Waals surface area contributed by atoms with Gasteiger partial charge in [0.2, 0.25) is 5.91 Å². The van der Waals surface area contributed by atoms with Gasteiger partial charge < -0.3 is 20.5 Å². The van der Waals surface area contributed by atoms with E-state index in [9.17, 15) is 9.90 Å². The van der Waals surface area contributed by atoms with Crippen LogP contribution in [0.1, 0.15) is 12.0 Å². The fraction of sp³-hybridized carbons (Fsp3) is 0.500. The minimum Gasteiger partial charge on any atom is -0.391 e. The van der Waals surface area contributed by atoms with Gasteiger partial charge in [-0.3, -0.25) is 4.79 Å². The second kappa shape index (κ2) is 9.49. The third-order valence-electron chi connectivity index (χ3n) is 2.63. The van der Waals surface area contributed by atoms with Crippen LogP contribution in [0.2, 0.25) is 0 Å². The fourth-order valence-electron chi connectivity index (χ4n) is 1.61. The number of carbonyl (C=O) groups excluding carboxylic acids is 1. The van der Waals surface area contributed by atoms with Crippen molar-refractivity contribution >= 4 is 5.91 Å². The van der Waals surface area contributed by atoms with Gasteiger partial charge in [-0.1, -0.05) is 30.3 Å². The van der Waals surface area contributed by atoms with E-state index in [1.165, 1.54) is 0 Å². The van der Waals surface area contributed by atoms with E-state index >= 15 is 0 Å². The molecule has 1 amide bonds. The molecule has 0 heterocycles. The van der Waals surface area contributed by atoms with Gasteiger partial charge in [0.15, 0.2) is 0 Å². The highest BCUT2D eigenvalue weighted by atomic mass is 16.5. The number of carbonyl (C=O) groups is 1. The maximum Gasteiger partial charge on any atom is 0.234 e. The van der Waals surface area contributed by atoms with Gasteiger partial charge in [-0.2, -0.15) is 0 Å². The second-order valence-electron chi connectivity index (χ2n) is 4.34. The molecule has 0 radical (unpaired) electrons. The maximum atomic E-state index is 11.5. The van der Waals surface area contributed by atoms with E-state index in [1.807, 2.05) is 30.3 Å². The van der Waals surface area contributed by atoms with E-state index in [4.69, 9.17) is 4.74 Å². The predicted octanol–water partition coefficient (Wildman–Crippen LogP) is 0.290. The molecule has 3 N–H and O–H groups in total. The lowest BCUT2D eigenvalue weighted by atomic mass is 10.2. The molecule has 0 spiro atoms. The average Bonchev–Trinajstić information content (AvgIpc) is 2.43. The van der Waals surface area contributed by atoms with Crippen LogP contribution in [0.5, 0.6) is 0 Å². The quantitative estimate of drug-likeness (QED) is 0.562. The molecule has 5 nitrogen and oxygen atoms in total. The lowest BCUT2D eigenvalue weighted by Crippen LogP contribution is -2.35. The molecule has 1 aromatic carbocycles. The molecule has 0 aromatic heterocycles. The topological polar surface area (TPSA) is 70.6 Å². The van der Waals surface area contributed by atoms with Crippen molar-refractivity contribution in [2.45, 2.75) is 19.1 Å². The molecular formula is C14H22N2O3. The maximum absolute atomic E-state index is 11.5. The Labute approximate surface area is 114 Å². The van der Waals surface area contributed by atoms with Crippen molar-refractivity contribution in [3.05, 3.63) is 35.9 Å².